The molecule has 104 valence electrons. The molecule has 2 aliphatic rings. The van der Waals surface area contributed by atoms with E-state index >= 15 is 0 Å². The minimum absolute atomic E-state index is 0.150. The van der Waals surface area contributed by atoms with E-state index in [9.17, 15) is 14.4 Å². The molecule has 1 fully saturated rings. The fourth-order valence-corrected chi connectivity index (χ4v) is 2.93. The summed E-state index contributed by atoms with van der Waals surface area (Å²) in [5, 5.41) is 0. The van der Waals surface area contributed by atoms with E-state index in [1.165, 1.54) is 4.90 Å². The summed E-state index contributed by atoms with van der Waals surface area (Å²) < 4.78 is 0. The van der Waals surface area contributed by atoms with Crippen molar-refractivity contribution in [2.45, 2.75) is 18.9 Å². The van der Waals surface area contributed by atoms with Crippen LogP contribution in [0.25, 0.3) is 0 Å². The van der Waals surface area contributed by atoms with Gasteiger partial charge in [0.25, 0.3) is 5.91 Å². The van der Waals surface area contributed by atoms with E-state index in [2.05, 4.69) is 0 Å². The highest BCUT2D eigenvalue weighted by atomic mass is 16.2. The fraction of sp³-hybridized carbons (Fsp3) is 0.357. The molecule has 1 atom stereocenters. The van der Waals surface area contributed by atoms with Crippen molar-refractivity contribution in [3.8, 4) is 0 Å². The third-order valence-corrected chi connectivity index (χ3v) is 3.80. The van der Waals surface area contributed by atoms with E-state index < -0.39 is 11.9 Å². The van der Waals surface area contributed by atoms with Crippen molar-refractivity contribution < 1.29 is 14.4 Å². The number of hydrogen-bond donors (Lipinski definition) is 1. The maximum absolute atomic E-state index is 12.6. The van der Waals surface area contributed by atoms with Gasteiger partial charge in [0, 0.05) is 6.54 Å². The predicted molar refractivity (Wildman–Crippen MR) is 72.0 cm³/mol. The zero-order valence-electron chi connectivity index (χ0n) is 10.9. The first-order chi connectivity index (χ1) is 9.59. The van der Waals surface area contributed by atoms with E-state index in [0.29, 0.717) is 24.2 Å². The summed E-state index contributed by atoms with van der Waals surface area (Å²) >= 11 is 0. The van der Waals surface area contributed by atoms with Crippen LogP contribution in [0.15, 0.2) is 24.3 Å². The van der Waals surface area contributed by atoms with Crippen LogP contribution in [0.3, 0.4) is 0 Å². The molecule has 2 aliphatic heterocycles. The topological polar surface area (TPSA) is 83.7 Å². The van der Waals surface area contributed by atoms with E-state index in [4.69, 9.17) is 5.73 Å². The molecule has 3 amide bonds. The van der Waals surface area contributed by atoms with Crippen LogP contribution in [-0.4, -0.2) is 41.8 Å². The molecule has 0 radical (unpaired) electrons. The number of rotatable bonds is 2. The molecular weight excluding hydrogens is 258 g/mol. The van der Waals surface area contributed by atoms with Crippen LogP contribution in [-0.2, 0) is 9.59 Å². The van der Waals surface area contributed by atoms with Crippen molar-refractivity contribution in [2.24, 2.45) is 5.73 Å². The zero-order valence-corrected chi connectivity index (χ0v) is 10.9. The lowest BCUT2D eigenvalue weighted by molar-refractivity contribution is -0.124. The summed E-state index contributed by atoms with van der Waals surface area (Å²) in [6, 6.07) is 6.37. The molecule has 6 nitrogen and oxygen atoms in total. The van der Waals surface area contributed by atoms with Crippen molar-refractivity contribution in [3.63, 3.8) is 0 Å². The molecule has 1 aromatic carbocycles. The highest BCUT2D eigenvalue weighted by Gasteiger charge is 2.42. The molecule has 6 heteroatoms. The van der Waals surface area contributed by atoms with Gasteiger partial charge in [0.15, 0.2) is 0 Å². The number of para-hydroxylation sites is 1. The second kappa shape index (κ2) is 4.63. The average molecular weight is 273 g/mol. The lowest BCUT2D eigenvalue weighted by Gasteiger charge is -2.24. The van der Waals surface area contributed by atoms with Crippen LogP contribution < -0.4 is 10.6 Å². The van der Waals surface area contributed by atoms with E-state index in [1.54, 1.807) is 29.2 Å². The van der Waals surface area contributed by atoms with E-state index in [-0.39, 0.29) is 18.4 Å². The molecule has 20 heavy (non-hydrogen) atoms. The van der Waals surface area contributed by atoms with Crippen LogP contribution in [0.4, 0.5) is 5.69 Å². The summed E-state index contributed by atoms with van der Waals surface area (Å²) in [6.07, 6.45) is 1.43. The molecule has 2 N–H and O–H groups in total. The quantitative estimate of drug-likeness (QED) is 0.831. The zero-order chi connectivity index (χ0) is 14.3. The summed E-state index contributed by atoms with van der Waals surface area (Å²) in [5.41, 5.74) is 6.15. The standard InChI is InChI=1S/C14H15N3O3/c15-12(18)8-17-10-5-2-1-4-9(10)13(19)16-7-3-6-11(16)14(17)20/h1-2,4-5,11H,3,6-8H2,(H2,15,18). The molecule has 1 aromatic rings. The number of fused-ring (bicyclic) bond motifs is 2. The Morgan fingerprint density at radius 3 is 2.80 bits per heavy atom. The monoisotopic (exact) mass is 273 g/mol. The van der Waals surface area contributed by atoms with Crippen molar-refractivity contribution >= 4 is 23.4 Å². The molecule has 1 saturated heterocycles. The van der Waals surface area contributed by atoms with E-state index in [0.717, 1.165) is 6.42 Å². The van der Waals surface area contributed by atoms with Crippen LogP contribution >= 0.6 is 0 Å². The van der Waals surface area contributed by atoms with Crippen LogP contribution in [0.1, 0.15) is 23.2 Å². The summed E-state index contributed by atoms with van der Waals surface area (Å²) in [7, 11) is 0. The number of carbonyl (C=O) groups is 3. The third-order valence-electron chi connectivity index (χ3n) is 3.80. The number of primary amides is 1. The molecule has 0 aromatic heterocycles. The van der Waals surface area contributed by atoms with Gasteiger partial charge in [0.05, 0.1) is 11.3 Å². The highest BCUT2D eigenvalue weighted by Crippen LogP contribution is 2.31. The van der Waals surface area contributed by atoms with Crippen LogP contribution in [0.5, 0.6) is 0 Å². The Labute approximate surface area is 116 Å². The van der Waals surface area contributed by atoms with Gasteiger partial charge >= 0.3 is 0 Å². The number of benzene rings is 1. The fourth-order valence-electron chi connectivity index (χ4n) is 2.93. The van der Waals surface area contributed by atoms with Crippen molar-refractivity contribution in [2.75, 3.05) is 18.0 Å². The summed E-state index contributed by atoms with van der Waals surface area (Å²) in [6.45, 7) is 0.376. The van der Waals surface area contributed by atoms with Crippen molar-refractivity contribution in [1.82, 2.24) is 4.90 Å². The predicted octanol–water partition coefficient (Wildman–Crippen LogP) is 0.123. The molecule has 3 rings (SSSR count). The van der Waals surface area contributed by atoms with Gasteiger partial charge in [0.1, 0.15) is 12.6 Å². The number of anilines is 1. The van der Waals surface area contributed by atoms with Gasteiger partial charge in [-0.15, -0.1) is 0 Å². The minimum atomic E-state index is -0.591. The van der Waals surface area contributed by atoms with Crippen molar-refractivity contribution in [1.29, 1.82) is 0 Å². The maximum atomic E-state index is 12.6. The number of nitrogens with zero attached hydrogens (tertiary/aromatic N) is 2. The lowest BCUT2D eigenvalue weighted by atomic mass is 10.1. The maximum Gasteiger partial charge on any atom is 0.256 e. The molecule has 0 bridgehead atoms. The van der Waals surface area contributed by atoms with Crippen LogP contribution in [0, 0.1) is 0 Å². The van der Waals surface area contributed by atoms with Gasteiger partial charge < -0.3 is 15.5 Å². The van der Waals surface area contributed by atoms with E-state index in [1.807, 2.05) is 0 Å². The van der Waals surface area contributed by atoms with Gasteiger partial charge in [0.2, 0.25) is 11.8 Å². The van der Waals surface area contributed by atoms with Gasteiger partial charge in [-0.25, -0.2) is 0 Å². The second-order valence-corrected chi connectivity index (χ2v) is 5.06. The first kappa shape index (κ1) is 12.7. The Morgan fingerprint density at radius 1 is 1.30 bits per heavy atom. The lowest BCUT2D eigenvalue weighted by Crippen LogP contribution is -2.47. The number of amides is 3. The smallest absolute Gasteiger partial charge is 0.256 e. The number of carbonyl (C=O) groups excluding carboxylic acids is 3. The molecular formula is C14H15N3O3. The Kier molecular flexibility index (Phi) is 2.93. The Balaban J connectivity index is 2.13. The molecule has 2 heterocycles. The van der Waals surface area contributed by atoms with Gasteiger partial charge in [-0.2, -0.15) is 0 Å². The molecule has 0 saturated carbocycles. The average Bonchev–Trinajstić information content (AvgIpc) is 2.89. The first-order valence-electron chi connectivity index (χ1n) is 6.59. The largest absolute Gasteiger partial charge is 0.368 e. The SMILES string of the molecule is NC(=O)CN1C(=O)C2CCCN2C(=O)c2ccccc21. The van der Waals surface area contributed by atoms with Crippen LogP contribution in [0.2, 0.25) is 0 Å². The third kappa shape index (κ3) is 1.84. The summed E-state index contributed by atoms with van der Waals surface area (Å²) in [4.78, 5) is 39.3. The van der Waals surface area contributed by atoms with Gasteiger partial charge in [-0.3, -0.25) is 14.4 Å². The summed E-state index contributed by atoms with van der Waals surface area (Å²) in [5.74, 6) is -0.963. The second-order valence-electron chi connectivity index (χ2n) is 5.06. The number of hydrogen-bond acceptors (Lipinski definition) is 3. The van der Waals surface area contributed by atoms with Gasteiger partial charge in [-0.1, -0.05) is 12.1 Å². The minimum Gasteiger partial charge on any atom is -0.368 e. The Bertz CT molecular complexity index is 599. The Hall–Kier alpha value is -2.37. The van der Waals surface area contributed by atoms with Gasteiger partial charge in [-0.05, 0) is 25.0 Å². The molecule has 0 spiro atoms. The van der Waals surface area contributed by atoms with Crippen molar-refractivity contribution in [3.05, 3.63) is 29.8 Å². The highest BCUT2D eigenvalue weighted by molar-refractivity contribution is 6.12. The molecule has 0 aliphatic carbocycles. The normalized spacial score (nSPS) is 21.5. The first-order valence-corrected chi connectivity index (χ1v) is 6.59. The number of nitrogens with two attached hydrogens (primary N) is 1. The molecule has 1 unspecified atom stereocenters. The Morgan fingerprint density at radius 2 is 2.05 bits per heavy atom.